The van der Waals surface area contributed by atoms with Crippen LogP contribution in [0.4, 0.5) is 0 Å². The van der Waals surface area contributed by atoms with Crippen molar-refractivity contribution in [3.8, 4) is 23.0 Å². The Morgan fingerprint density at radius 2 is 1.72 bits per heavy atom. The van der Waals surface area contributed by atoms with E-state index in [0.29, 0.717) is 11.7 Å². The van der Waals surface area contributed by atoms with Crippen LogP contribution in [0.15, 0.2) is 78.0 Å². The van der Waals surface area contributed by atoms with E-state index in [1.807, 2.05) is 66.9 Å². The predicted octanol–water partition coefficient (Wildman–Crippen LogP) is 5.21. The van der Waals surface area contributed by atoms with Gasteiger partial charge in [0, 0.05) is 22.9 Å². The number of thioether (sulfide) groups is 1. The van der Waals surface area contributed by atoms with Gasteiger partial charge < -0.3 is 4.74 Å². The van der Waals surface area contributed by atoms with E-state index in [1.165, 1.54) is 4.90 Å². The first kappa shape index (κ1) is 15.6. The van der Waals surface area contributed by atoms with Gasteiger partial charge >= 0.3 is 0 Å². The molecule has 4 nitrogen and oxygen atoms in total. The summed E-state index contributed by atoms with van der Waals surface area (Å²) in [4.78, 5) is 14.6. The molecule has 0 N–H and O–H groups in total. The number of fused-ring (bicyclic) bond motifs is 1. The van der Waals surface area contributed by atoms with E-state index < -0.39 is 0 Å². The molecule has 0 aliphatic heterocycles. The van der Waals surface area contributed by atoms with Gasteiger partial charge in [-0.1, -0.05) is 12.1 Å². The number of hydrogen-bond acceptors (Lipinski definition) is 5. The first-order chi connectivity index (χ1) is 12.3. The van der Waals surface area contributed by atoms with Crippen LogP contribution < -0.4 is 4.74 Å². The lowest BCUT2D eigenvalue weighted by Crippen LogP contribution is -1.96. The third kappa shape index (κ3) is 3.32. The minimum Gasteiger partial charge on any atom is -0.438 e. The number of rotatable bonds is 4. The van der Waals surface area contributed by atoms with Crippen molar-refractivity contribution >= 4 is 22.7 Å². The second-order valence-electron chi connectivity index (χ2n) is 5.39. The summed E-state index contributed by atoms with van der Waals surface area (Å²) in [5.41, 5.74) is 1.70. The molecule has 2 aromatic carbocycles. The summed E-state index contributed by atoms with van der Waals surface area (Å²) in [7, 11) is 0. The maximum absolute atomic E-state index is 6.07. The molecule has 0 atom stereocenters. The van der Waals surface area contributed by atoms with Gasteiger partial charge in [0.05, 0.1) is 10.9 Å². The van der Waals surface area contributed by atoms with Gasteiger partial charge in [-0.3, -0.25) is 4.98 Å². The second-order valence-corrected chi connectivity index (χ2v) is 6.27. The van der Waals surface area contributed by atoms with Crippen LogP contribution in [0.25, 0.3) is 22.3 Å². The molecule has 0 aliphatic carbocycles. The van der Waals surface area contributed by atoms with E-state index in [1.54, 1.807) is 24.2 Å². The summed E-state index contributed by atoms with van der Waals surface area (Å²) in [5, 5.41) is 0.879. The molecule has 0 spiro atoms. The van der Waals surface area contributed by atoms with Gasteiger partial charge in [0.2, 0.25) is 5.88 Å². The van der Waals surface area contributed by atoms with E-state index in [2.05, 4.69) is 15.0 Å². The Kier molecular flexibility index (Phi) is 4.31. The maximum Gasteiger partial charge on any atom is 0.230 e. The van der Waals surface area contributed by atoms with Gasteiger partial charge in [-0.25, -0.2) is 4.98 Å². The highest BCUT2D eigenvalue weighted by Gasteiger charge is 2.11. The molecule has 122 valence electrons. The van der Waals surface area contributed by atoms with Crippen LogP contribution in [0.3, 0.4) is 0 Å². The van der Waals surface area contributed by atoms with Gasteiger partial charge in [-0.15, -0.1) is 11.8 Å². The lowest BCUT2D eigenvalue weighted by Gasteiger charge is -2.10. The van der Waals surface area contributed by atoms with Crippen LogP contribution in [0, 0.1) is 0 Å². The van der Waals surface area contributed by atoms with E-state index in [4.69, 9.17) is 4.74 Å². The minimum absolute atomic E-state index is 0.543. The highest BCUT2D eigenvalue weighted by Crippen LogP contribution is 2.30. The minimum atomic E-state index is 0.543. The fourth-order valence-electron chi connectivity index (χ4n) is 2.50. The fourth-order valence-corrected chi connectivity index (χ4v) is 2.91. The molecule has 4 aromatic rings. The van der Waals surface area contributed by atoms with Crippen molar-refractivity contribution in [3.05, 3.63) is 73.1 Å². The lowest BCUT2D eigenvalue weighted by molar-refractivity contribution is 0.468. The lowest BCUT2D eigenvalue weighted by atomic mass is 10.2. The topological polar surface area (TPSA) is 47.9 Å². The van der Waals surface area contributed by atoms with E-state index >= 15 is 0 Å². The molecule has 0 aliphatic rings. The molecule has 0 fully saturated rings. The molecule has 0 unspecified atom stereocenters. The molecular formula is C20H15N3OS. The number of ether oxygens (including phenoxy) is 1. The van der Waals surface area contributed by atoms with Gasteiger partial charge in [-0.05, 0) is 54.8 Å². The molecule has 0 amide bonds. The maximum atomic E-state index is 6.07. The third-order valence-corrected chi connectivity index (χ3v) is 4.51. The van der Waals surface area contributed by atoms with Crippen molar-refractivity contribution < 1.29 is 4.74 Å². The highest BCUT2D eigenvalue weighted by molar-refractivity contribution is 7.98. The van der Waals surface area contributed by atoms with Crippen molar-refractivity contribution in [2.45, 2.75) is 4.90 Å². The summed E-state index contributed by atoms with van der Waals surface area (Å²) < 4.78 is 6.07. The average molecular weight is 345 g/mol. The molecular weight excluding hydrogens is 330 g/mol. The molecule has 5 heteroatoms. The van der Waals surface area contributed by atoms with Gasteiger partial charge in [0.1, 0.15) is 5.75 Å². The number of hydrogen-bond donors (Lipinski definition) is 0. The Morgan fingerprint density at radius 3 is 2.48 bits per heavy atom. The Labute approximate surface area is 149 Å². The molecule has 2 aromatic heterocycles. The van der Waals surface area contributed by atoms with Crippen molar-refractivity contribution in [1.82, 2.24) is 15.0 Å². The normalized spacial score (nSPS) is 10.8. The average Bonchev–Trinajstić information content (AvgIpc) is 2.69. The predicted molar refractivity (Wildman–Crippen MR) is 101 cm³/mol. The smallest absolute Gasteiger partial charge is 0.230 e. The first-order valence-electron chi connectivity index (χ1n) is 7.82. The Balaban J connectivity index is 1.80. The molecule has 0 bridgehead atoms. The number of aromatic nitrogens is 3. The van der Waals surface area contributed by atoms with Crippen LogP contribution in [0.2, 0.25) is 0 Å². The largest absolute Gasteiger partial charge is 0.438 e. The zero-order chi connectivity index (χ0) is 17.1. The van der Waals surface area contributed by atoms with E-state index in [9.17, 15) is 0 Å². The molecule has 25 heavy (non-hydrogen) atoms. The van der Waals surface area contributed by atoms with Crippen LogP contribution in [-0.2, 0) is 0 Å². The number of para-hydroxylation sites is 1. The fraction of sp³-hybridized carbons (Fsp3) is 0.0500. The molecule has 2 heterocycles. The number of pyridine rings is 1. The van der Waals surface area contributed by atoms with Crippen LogP contribution >= 0.6 is 11.8 Å². The first-order valence-corrected chi connectivity index (χ1v) is 9.05. The van der Waals surface area contributed by atoms with Crippen LogP contribution in [-0.4, -0.2) is 21.2 Å². The summed E-state index contributed by atoms with van der Waals surface area (Å²) >= 11 is 1.70. The second kappa shape index (κ2) is 6.91. The molecule has 0 radical (unpaired) electrons. The Bertz CT molecular complexity index is 1000. The third-order valence-electron chi connectivity index (χ3n) is 3.76. The molecule has 0 saturated carbocycles. The highest BCUT2D eigenvalue weighted by atomic mass is 32.2. The van der Waals surface area contributed by atoms with Crippen molar-refractivity contribution in [2.75, 3.05) is 6.26 Å². The van der Waals surface area contributed by atoms with Gasteiger partial charge in [0.25, 0.3) is 0 Å². The van der Waals surface area contributed by atoms with Gasteiger partial charge in [-0.2, -0.15) is 4.98 Å². The number of nitrogens with zero attached hydrogens (tertiary/aromatic N) is 3. The Hall–Kier alpha value is -2.92. The zero-order valence-electron chi connectivity index (χ0n) is 13.6. The monoisotopic (exact) mass is 345 g/mol. The van der Waals surface area contributed by atoms with E-state index in [0.717, 1.165) is 22.2 Å². The zero-order valence-corrected chi connectivity index (χ0v) is 14.4. The van der Waals surface area contributed by atoms with Crippen molar-refractivity contribution in [3.63, 3.8) is 0 Å². The standard InChI is InChI=1S/C20H15N3OS/c1-25-16-10-8-15(9-11-16)24-20-17-6-2-3-7-18(17)22-19(23-20)14-5-4-12-21-13-14/h2-13H,1H3. The molecule has 4 rings (SSSR count). The van der Waals surface area contributed by atoms with Gasteiger partial charge in [0.15, 0.2) is 5.82 Å². The number of benzene rings is 2. The summed E-state index contributed by atoms with van der Waals surface area (Å²) in [5.74, 6) is 1.89. The summed E-state index contributed by atoms with van der Waals surface area (Å²) in [6.07, 6.45) is 5.53. The summed E-state index contributed by atoms with van der Waals surface area (Å²) in [6, 6.07) is 19.6. The van der Waals surface area contributed by atoms with Crippen LogP contribution in [0.1, 0.15) is 0 Å². The summed E-state index contributed by atoms with van der Waals surface area (Å²) in [6.45, 7) is 0. The van der Waals surface area contributed by atoms with Crippen molar-refractivity contribution in [2.24, 2.45) is 0 Å². The van der Waals surface area contributed by atoms with Crippen LogP contribution in [0.5, 0.6) is 11.6 Å². The quantitative estimate of drug-likeness (QED) is 0.475. The SMILES string of the molecule is CSc1ccc(Oc2nc(-c3cccnc3)nc3ccccc23)cc1. The Morgan fingerprint density at radius 1 is 0.880 bits per heavy atom. The molecule has 0 saturated heterocycles. The van der Waals surface area contributed by atoms with E-state index in [-0.39, 0.29) is 0 Å². The van der Waals surface area contributed by atoms with Crippen molar-refractivity contribution in [1.29, 1.82) is 0 Å².